The molecule has 0 saturated carbocycles. The molecule has 1 aliphatic rings. The van der Waals surface area contributed by atoms with Gasteiger partial charge in [-0.25, -0.2) is 0 Å². The van der Waals surface area contributed by atoms with E-state index in [-0.39, 0.29) is 5.92 Å². The molecule has 1 rings (SSSR count). The van der Waals surface area contributed by atoms with E-state index in [4.69, 9.17) is 4.74 Å². The van der Waals surface area contributed by atoms with Crippen LogP contribution in [0, 0.1) is 11.3 Å². The fraction of sp³-hybridized carbons (Fsp3) is 0.643. The van der Waals surface area contributed by atoms with Gasteiger partial charge in [-0.2, -0.15) is 0 Å². The van der Waals surface area contributed by atoms with Crippen LogP contribution < -0.4 is 0 Å². The van der Waals surface area contributed by atoms with Gasteiger partial charge in [-0.3, -0.25) is 4.79 Å². The third kappa shape index (κ3) is 2.60. The first-order chi connectivity index (χ1) is 7.97. The van der Waals surface area contributed by atoms with Gasteiger partial charge in [-0.1, -0.05) is 30.2 Å². The fourth-order valence-electron chi connectivity index (χ4n) is 2.85. The molecule has 0 amide bonds. The highest BCUT2D eigenvalue weighted by atomic mass is 16.5. The summed E-state index contributed by atoms with van der Waals surface area (Å²) in [6.07, 6.45) is 5.35. The SMILES string of the molecule is CCC1(C(=O)O)C=C(C)C=C(C)C1CCOC. The second-order valence-electron chi connectivity index (χ2n) is 4.81. The number of ether oxygens (including phenoxy) is 1. The molecule has 0 fully saturated rings. The maximum atomic E-state index is 11.7. The van der Waals surface area contributed by atoms with Gasteiger partial charge in [-0.05, 0) is 26.7 Å². The van der Waals surface area contributed by atoms with Gasteiger partial charge < -0.3 is 9.84 Å². The van der Waals surface area contributed by atoms with Gasteiger partial charge in [0.05, 0.1) is 5.41 Å². The third-order valence-electron chi connectivity index (χ3n) is 3.71. The first-order valence-corrected chi connectivity index (χ1v) is 6.08. The lowest BCUT2D eigenvalue weighted by molar-refractivity contribution is -0.149. The molecule has 96 valence electrons. The summed E-state index contributed by atoms with van der Waals surface area (Å²) in [5, 5.41) is 9.58. The summed E-state index contributed by atoms with van der Waals surface area (Å²) in [5.74, 6) is -0.693. The van der Waals surface area contributed by atoms with E-state index in [2.05, 4.69) is 6.08 Å². The predicted octanol–water partition coefficient (Wildman–Crippen LogP) is 3.03. The Kier molecular flexibility index (Phi) is 4.52. The van der Waals surface area contributed by atoms with E-state index in [1.54, 1.807) is 7.11 Å². The molecule has 1 N–H and O–H groups in total. The molecule has 3 nitrogen and oxygen atoms in total. The average molecular weight is 238 g/mol. The molecule has 0 heterocycles. The summed E-state index contributed by atoms with van der Waals surface area (Å²) in [5.41, 5.74) is 1.42. The maximum Gasteiger partial charge on any atom is 0.314 e. The first kappa shape index (κ1) is 14.0. The molecule has 0 bridgehead atoms. The summed E-state index contributed by atoms with van der Waals surface area (Å²) in [6.45, 7) is 6.52. The zero-order chi connectivity index (χ0) is 13.1. The summed E-state index contributed by atoms with van der Waals surface area (Å²) in [6, 6.07) is 0. The zero-order valence-corrected chi connectivity index (χ0v) is 11.1. The Hall–Kier alpha value is -1.09. The number of carbonyl (C=O) groups is 1. The van der Waals surface area contributed by atoms with Crippen molar-refractivity contribution in [1.29, 1.82) is 0 Å². The molecule has 2 atom stereocenters. The lowest BCUT2D eigenvalue weighted by Gasteiger charge is -2.38. The molecule has 1 aliphatic carbocycles. The summed E-state index contributed by atoms with van der Waals surface area (Å²) < 4.78 is 5.10. The summed E-state index contributed by atoms with van der Waals surface area (Å²) in [4.78, 5) is 11.7. The Morgan fingerprint density at radius 1 is 1.53 bits per heavy atom. The molecule has 0 aromatic carbocycles. The summed E-state index contributed by atoms with van der Waals surface area (Å²) in [7, 11) is 1.65. The van der Waals surface area contributed by atoms with Crippen molar-refractivity contribution in [2.45, 2.75) is 33.6 Å². The van der Waals surface area contributed by atoms with Crippen LogP contribution in [0.5, 0.6) is 0 Å². The fourth-order valence-corrected chi connectivity index (χ4v) is 2.85. The highest BCUT2D eigenvalue weighted by Crippen LogP contribution is 2.44. The molecule has 0 aliphatic heterocycles. The smallest absolute Gasteiger partial charge is 0.314 e. The normalized spacial score (nSPS) is 28.6. The second kappa shape index (κ2) is 5.50. The molecular weight excluding hydrogens is 216 g/mol. The van der Waals surface area contributed by atoms with E-state index in [1.165, 1.54) is 0 Å². The largest absolute Gasteiger partial charge is 0.481 e. The van der Waals surface area contributed by atoms with Crippen LogP contribution >= 0.6 is 0 Å². The van der Waals surface area contributed by atoms with Crippen LogP contribution in [0.25, 0.3) is 0 Å². The van der Waals surface area contributed by atoms with Gasteiger partial charge in [0.15, 0.2) is 0 Å². The number of hydrogen-bond acceptors (Lipinski definition) is 2. The molecule has 0 spiro atoms. The number of carboxylic acids is 1. The molecule has 0 aromatic heterocycles. The zero-order valence-electron chi connectivity index (χ0n) is 11.1. The van der Waals surface area contributed by atoms with E-state index in [0.717, 1.165) is 17.6 Å². The molecule has 3 heteroatoms. The second-order valence-corrected chi connectivity index (χ2v) is 4.81. The summed E-state index contributed by atoms with van der Waals surface area (Å²) >= 11 is 0. The van der Waals surface area contributed by atoms with Crippen molar-refractivity contribution < 1.29 is 14.6 Å². The average Bonchev–Trinajstić information content (AvgIpc) is 2.26. The monoisotopic (exact) mass is 238 g/mol. The minimum absolute atomic E-state index is 0.0358. The number of hydrogen-bond donors (Lipinski definition) is 1. The number of rotatable bonds is 5. The number of carboxylic acid groups (broad SMARTS) is 1. The Bertz CT molecular complexity index is 354. The van der Waals surface area contributed by atoms with Crippen molar-refractivity contribution in [3.05, 3.63) is 23.3 Å². The van der Waals surface area contributed by atoms with Gasteiger partial charge in [-0.15, -0.1) is 0 Å². The van der Waals surface area contributed by atoms with Crippen molar-refractivity contribution in [2.24, 2.45) is 11.3 Å². The van der Waals surface area contributed by atoms with E-state index < -0.39 is 11.4 Å². The van der Waals surface area contributed by atoms with Gasteiger partial charge in [0.25, 0.3) is 0 Å². The lowest BCUT2D eigenvalue weighted by atomic mass is 9.65. The Morgan fingerprint density at radius 2 is 2.18 bits per heavy atom. The quantitative estimate of drug-likeness (QED) is 0.800. The van der Waals surface area contributed by atoms with E-state index in [0.29, 0.717) is 13.0 Å². The van der Waals surface area contributed by atoms with Crippen LogP contribution in [0.1, 0.15) is 33.6 Å². The first-order valence-electron chi connectivity index (χ1n) is 6.08. The van der Waals surface area contributed by atoms with E-state index >= 15 is 0 Å². The van der Waals surface area contributed by atoms with Crippen molar-refractivity contribution in [3.8, 4) is 0 Å². The highest BCUT2D eigenvalue weighted by molar-refractivity contribution is 5.79. The molecule has 0 saturated heterocycles. The molecule has 2 unspecified atom stereocenters. The van der Waals surface area contributed by atoms with Crippen LogP contribution in [0.4, 0.5) is 0 Å². The molecular formula is C14H22O3. The van der Waals surface area contributed by atoms with Crippen molar-refractivity contribution in [3.63, 3.8) is 0 Å². The van der Waals surface area contributed by atoms with Crippen molar-refractivity contribution in [1.82, 2.24) is 0 Å². The Morgan fingerprint density at radius 3 is 2.65 bits per heavy atom. The van der Waals surface area contributed by atoms with Crippen molar-refractivity contribution >= 4 is 5.97 Å². The Labute approximate surface area is 103 Å². The third-order valence-corrected chi connectivity index (χ3v) is 3.71. The number of allylic oxidation sites excluding steroid dienone is 3. The lowest BCUT2D eigenvalue weighted by Crippen LogP contribution is -2.39. The van der Waals surface area contributed by atoms with Crippen LogP contribution in [0.3, 0.4) is 0 Å². The minimum Gasteiger partial charge on any atom is -0.481 e. The Balaban J connectivity index is 3.12. The number of aliphatic carboxylic acids is 1. The van der Waals surface area contributed by atoms with Gasteiger partial charge in [0.2, 0.25) is 0 Å². The molecule has 17 heavy (non-hydrogen) atoms. The van der Waals surface area contributed by atoms with E-state index in [9.17, 15) is 9.90 Å². The minimum atomic E-state index is -0.762. The number of methoxy groups -OCH3 is 1. The van der Waals surface area contributed by atoms with Crippen LogP contribution in [-0.4, -0.2) is 24.8 Å². The molecule has 0 aromatic rings. The predicted molar refractivity (Wildman–Crippen MR) is 67.9 cm³/mol. The van der Waals surface area contributed by atoms with Crippen LogP contribution in [0.15, 0.2) is 23.3 Å². The van der Waals surface area contributed by atoms with Crippen LogP contribution in [0.2, 0.25) is 0 Å². The topological polar surface area (TPSA) is 46.5 Å². The highest BCUT2D eigenvalue weighted by Gasteiger charge is 2.44. The van der Waals surface area contributed by atoms with Crippen LogP contribution in [-0.2, 0) is 9.53 Å². The van der Waals surface area contributed by atoms with Gasteiger partial charge in [0, 0.05) is 19.6 Å². The van der Waals surface area contributed by atoms with Gasteiger partial charge in [0.1, 0.15) is 0 Å². The standard InChI is InChI=1S/C14H22O3/c1-5-14(13(15)16)9-10(2)8-11(3)12(14)6-7-17-4/h8-9,12H,5-7H2,1-4H3,(H,15,16). The van der Waals surface area contributed by atoms with Crippen molar-refractivity contribution in [2.75, 3.05) is 13.7 Å². The van der Waals surface area contributed by atoms with E-state index in [1.807, 2.05) is 26.8 Å². The maximum absolute atomic E-state index is 11.7. The van der Waals surface area contributed by atoms with Gasteiger partial charge >= 0.3 is 5.97 Å². The molecule has 0 radical (unpaired) electrons.